The number of aryl methyl sites for hydroxylation is 2. The third-order valence-electron chi connectivity index (χ3n) is 3.11. The Bertz CT molecular complexity index is 460. The topological polar surface area (TPSA) is 49.8 Å². The van der Waals surface area contributed by atoms with E-state index in [9.17, 15) is 9.90 Å². The molecular formula is C14H19NO3. The van der Waals surface area contributed by atoms with Gasteiger partial charge in [0.15, 0.2) is 6.61 Å². The molecule has 1 saturated heterocycles. The summed E-state index contributed by atoms with van der Waals surface area (Å²) in [6.45, 7) is 6.47. The van der Waals surface area contributed by atoms with Gasteiger partial charge in [0.2, 0.25) is 0 Å². The van der Waals surface area contributed by atoms with Gasteiger partial charge in [0, 0.05) is 0 Å². The third kappa shape index (κ3) is 2.82. The molecule has 0 atom stereocenters. The number of hydrogen-bond acceptors (Lipinski definition) is 3. The van der Waals surface area contributed by atoms with Crippen LogP contribution in [-0.2, 0) is 4.79 Å². The Morgan fingerprint density at radius 2 is 2.11 bits per heavy atom. The van der Waals surface area contributed by atoms with E-state index >= 15 is 0 Å². The van der Waals surface area contributed by atoms with Crippen molar-refractivity contribution < 1.29 is 14.6 Å². The number of amides is 1. The molecule has 0 aliphatic carbocycles. The van der Waals surface area contributed by atoms with Crippen molar-refractivity contribution in [3.63, 3.8) is 0 Å². The van der Waals surface area contributed by atoms with Crippen LogP contribution in [0.2, 0.25) is 0 Å². The maximum Gasteiger partial charge on any atom is 0.260 e. The van der Waals surface area contributed by atoms with E-state index in [0.29, 0.717) is 13.1 Å². The van der Waals surface area contributed by atoms with Crippen LogP contribution >= 0.6 is 0 Å². The van der Waals surface area contributed by atoms with Gasteiger partial charge in [-0.05, 0) is 38.0 Å². The van der Waals surface area contributed by atoms with Gasteiger partial charge in [-0.1, -0.05) is 12.1 Å². The molecule has 0 bridgehead atoms. The van der Waals surface area contributed by atoms with Crippen molar-refractivity contribution in [2.24, 2.45) is 0 Å². The zero-order valence-electron chi connectivity index (χ0n) is 11.1. The minimum Gasteiger partial charge on any atom is -0.483 e. The number of hydrogen-bond donors (Lipinski definition) is 1. The lowest BCUT2D eigenvalue weighted by atomic mass is 9.97. The van der Waals surface area contributed by atoms with Gasteiger partial charge in [-0.3, -0.25) is 4.79 Å². The average Bonchev–Trinajstić information content (AvgIpc) is 2.26. The van der Waals surface area contributed by atoms with Crippen LogP contribution in [0.3, 0.4) is 0 Å². The fraction of sp³-hybridized carbons (Fsp3) is 0.500. The Kier molecular flexibility index (Phi) is 3.30. The molecule has 1 heterocycles. The van der Waals surface area contributed by atoms with Crippen LogP contribution in [-0.4, -0.2) is 41.2 Å². The monoisotopic (exact) mass is 249 g/mol. The lowest BCUT2D eigenvalue weighted by molar-refractivity contribution is -0.154. The van der Waals surface area contributed by atoms with E-state index in [-0.39, 0.29) is 12.5 Å². The lowest BCUT2D eigenvalue weighted by Crippen LogP contribution is -2.62. The number of ether oxygens (including phenoxy) is 1. The highest BCUT2D eigenvalue weighted by molar-refractivity contribution is 5.79. The van der Waals surface area contributed by atoms with E-state index in [1.54, 1.807) is 11.8 Å². The van der Waals surface area contributed by atoms with Crippen molar-refractivity contribution >= 4 is 5.91 Å². The third-order valence-corrected chi connectivity index (χ3v) is 3.11. The molecular weight excluding hydrogens is 230 g/mol. The fourth-order valence-electron chi connectivity index (χ4n) is 2.05. The maximum absolute atomic E-state index is 11.8. The second-order valence-electron chi connectivity index (χ2n) is 5.30. The van der Waals surface area contributed by atoms with E-state index in [0.717, 1.165) is 16.9 Å². The Morgan fingerprint density at radius 1 is 1.44 bits per heavy atom. The van der Waals surface area contributed by atoms with Crippen LogP contribution < -0.4 is 4.74 Å². The van der Waals surface area contributed by atoms with Gasteiger partial charge in [0.1, 0.15) is 5.75 Å². The molecule has 4 nitrogen and oxygen atoms in total. The maximum atomic E-state index is 11.8. The minimum atomic E-state index is -0.727. The van der Waals surface area contributed by atoms with E-state index in [4.69, 9.17) is 4.74 Å². The van der Waals surface area contributed by atoms with E-state index < -0.39 is 5.60 Å². The van der Waals surface area contributed by atoms with Crippen LogP contribution in [0.1, 0.15) is 18.1 Å². The van der Waals surface area contributed by atoms with Gasteiger partial charge in [-0.15, -0.1) is 0 Å². The second-order valence-corrected chi connectivity index (χ2v) is 5.30. The molecule has 98 valence electrons. The summed E-state index contributed by atoms with van der Waals surface area (Å²) in [5.41, 5.74) is 1.40. The van der Waals surface area contributed by atoms with Crippen LogP contribution in [0.15, 0.2) is 18.2 Å². The van der Waals surface area contributed by atoms with E-state index in [2.05, 4.69) is 0 Å². The smallest absolute Gasteiger partial charge is 0.260 e. The summed E-state index contributed by atoms with van der Waals surface area (Å²) in [5, 5.41) is 9.56. The predicted molar refractivity (Wildman–Crippen MR) is 68.6 cm³/mol. The highest BCUT2D eigenvalue weighted by Gasteiger charge is 2.39. The number of β-amino-alcohol motifs (C(OH)–C–C–N with tert-alkyl or cyclic N) is 1. The quantitative estimate of drug-likeness (QED) is 0.877. The number of nitrogens with zero attached hydrogens (tertiary/aromatic N) is 1. The fourth-order valence-corrected chi connectivity index (χ4v) is 2.05. The molecule has 1 amide bonds. The van der Waals surface area contributed by atoms with Crippen molar-refractivity contribution in [3.05, 3.63) is 29.3 Å². The van der Waals surface area contributed by atoms with Gasteiger partial charge in [0.25, 0.3) is 5.91 Å². The summed E-state index contributed by atoms with van der Waals surface area (Å²) < 4.78 is 5.53. The van der Waals surface area contributed by atoms with Crippen molar-refractivity contribution in [3.8, 4) is 5.75 Å². The first-order valence-electron chi connectivity index (χ1n) is 6.08. The van der Waals surface area contributed by atoms with Crippen molar-refractivity contribution in [2.45, 2.75) is 26.4 Å². The first kappa shape index (κ1) is 12.9. The molecule has 1 N–H and O–H groups in total. The molecule has 4 heteroatoms. The number of benzene rings is 1. The van der Waals surface area contributed by atoms with Gasteiger partial charge < -0.3 is 14.7 Å². The molecule has 0 radical (unpaired) electrons. The number of rotatable bonds is 3. The molecule has 1 aromatic rings. The van der Waals surface area contributed by atoms with Gasteiger partial charge >= 0.3 is 0 Å². The van der Waals surface area contributed by atoms with E-state index in [1.165, 1.54) is 0 Å². The Balaban J connectivity index is 1.88. The Morgan fingerprint density at radius 3 is 2.72 bits per heavy atom. The molecule has 0 spiro atoms. The number of carbonyl (C=O) groups is 1. The molecule has 1 fully saturated rings. The second kappa shape index (κ2) is 4.61. The zero-order chi connectivity index (χ0) is 13.3. The summed E-state index contributed by atoms with van der Waals surface area (Å²) in [4.78, 5) is 13.4. The van der Waals surface area contributed by atoms with Crippen LogP contribution in [0, 0.1) is 13.8 Å². The normalized spacial score (nSPS) is 17.2. The summed E-state index contributed by atoms with van der Waals surface area (Å²) in [6, 6.07) is 5.91. The van der Waals surface area contributed by atoms with Crippen molar-refractivity contribution in [1.82, 2.24) is 4.90 Å². The summed E-state index contributed by atoms with van der Waals surface area (Å²) in [7, 11) is 0. The molecule has 18 heavy (non-hydrogen) atoms. The van der Waals surface area contributed by atoms with Crippen LogP contribution in [0.5, 0.6) is 5.75 Å². The highest BCUT2D eigenvalue weighted by atomic mass is 16.5. The minimum absolute atomic E-state index is 0.0281. The molecule has 0 saturated carbocycles. The first-order valence-corrected chi connectivity index (χ1v) is 6.08. The lowest BCUT2D eigenvalue weighted by Gasteiger charge is -2.44. The Hall–Kier alpha value is -1.55. The van der Waals surface area contributed by atoms with Crippen molar-refractivity contribution in [2.75, 3.05) is 19.7 Å². The van der Waals surface area contributed by atoms with Crippen molar-refractivity contribution in [1.29, 1.82) is 0 Å². The van der Waals surface area contributed by atoms with Crippen LogP contribution in [0.4, 0.5) is 0 Å². The van der Waals surface area contributed by atoms with E-state index in [1.807, 2.05) is 32.0 Å². The summed E-state index contributed by atoms with van der Waals surface area (Å²) >= 11 is 0. The summed E-state index contributed by atoms with van der Waals surface area (Å²) in [6.07, 6.45) is 0. The molecule has 1 aromatic carbocycles. The molecule has 2 rings (SSSR count). The predicted octanol–water partition coefficient (Wildman–Crippen LogP) is 1.28. The molecule has 0 aromatic heterocycles. The molecule has 0 unspecified atom stereocenters. The standard InChI is InChI=1S/C14H19NO3/c1-10-4-5-11(2)12(6-10)18-7-13(16)15-8-14(3,17)9-15/h4-6,17H,7-9H2,1-3H3. The van der Waals surface area contributed by atoms with Crippen LogP contribution in [0.25, 0.3) is 0 Å². The van der Waals surface area contributed by atoms with Gasteiger partial charge in [-0.25, -0.2) is 0 Å². The highest BCUT2D eigenvalue weighted by Crippen LogP contribution is 2.21. The molecule has 1 aliphatic rings. The number of likely N-dealkylation sites (tertiary alicyclic amines) is 1. The number of carbonyl (C=O) groups excluding carboxylic acids is 1. The first-order chi connectivity index (χ1) is 8.37. The summed E-state index contributed by atoms with van der Waals surface area (Å²) in [5.74, 6) is 0.665. The SMILES string of the molecule is Cc1ccc(C)c(OCC(=O)N2CC(C)(O)C2)c1. The number of aliphatic hydroxyl groups is 1. The largest absolute Gasteiger partial charge is 0.483 e. The Labute approximate surface area is 107 Å². The van der Waals surface area contributed by atoms with Gasteiger partial charge in [-0.2, -0.15) is 0 Å². The van der Waals surface area contributed by atoms with Gasteiger partial charge in [0.05, 0.1) is 18.7 Å². The zero-order valence-corrected chi connectivity index (χ0v) is 11.1. The average molecular weight is 249 g/mol. The molecule has 1 aliphatic heterocycles.